The smallest absolute Gasteiger partial charge is 0.145 e. The van der Waals surface area contributed by atoms with Crippen molar-refractivity contribution in [2.75, 3.05) is 0 Å². The maximum absolute atomic E-state index is 9.44. The van der Waals surface area contributed by atoms with E-state index in [0.29, 0.717) is 17.4 Å². The summed E-state index contributed by atoms with van der Waals surface area (Å²) in [4.78, 5) is 4.19. The second-order valence-corrected chi connectivity index (χ2v) is 5.38. The van der Waals surface area contributed by atoms with Crippen LogP contribution in [0, 0.1) is 6.92 Å². The third-order valence-corrected chi connectivity index (χ3v) is 3.29. The van der Waals surface area contributed by atoms with E-state index in [1.54, 1.807) is 19.2 Å². The fourth-order valence-electron chi connectivity index (χ4n) is 1.91. The maximum Gasteiger partial charge on any atom is 0.145 e. The van der Waals surface area contributed by atoms with Gasteiger partial charge in [-0.05, 0) is 49.1 Å². The lowest BCUT2D eigenvalue weighted by molar-refractivity contribution is 0.194. The van der Waals surface area contributed by atoms with Crippen LogP contribution in [0.15, 0.2) is 36.5 Å². The number of hydrogen-bond acceptors (Lipinski definition) is 3. The number of pyridine rings is 1. The number of hydrogen-bond donors (Lipinski definition) is 1. The molecule has 1 aromatic carbocycles. The minimum atomic E-state index is -0.560. The molecule has 3 nitrogen and oxygen atoms in total. The van der Waals surface area contributed by atoms with E-state index >= 15 is 0 Å². The first-order valence-corrected chi connectivity index (χ1v) is 6.90. The lowest BCUT2D eigenvalue weighted by atomic mass is 10.0. The molecule has 2 aromatic rings. The number of aliphatic hydroxyl groups is 1. The van der Waals surface area contributed by atoms with Crippen LogP contribution < -0.4 is 4.74 Å². The Morgan fingerprint density at radius 1 is 1.10 bits per heavy atom. The minimum Gasteiger partial charge on any atom is -0.455 e. The third kappa shape index (κ3) is 3.36. The first kappa shape index (κ1) is 14.5. The molecule has 20 heavy (non-hydrogen) atoms. The maximum atomic E-state index is 9.44. The second-order valence-electron chi connectivity index (χ2n) is 5.38. The average Bonchev–Trinajstić information content (AvgIpc) is 2.41. The van der Waals surface area contributed by atoms with Crippen molar-refractivity contribution < 1.29 is 9.84 Å². The van der Waals surface area contributed by atoms with E-state index < -0.39 is 6.10 Å². The molecule has 1 atom stereocenters. The quantitative estimate of drug-likeness (QED) is 0.898. The molecule has 0 radical (unpaired) electrons. The molecule has 106 valence electrons. The molecule has 3 heteroatoms. The zero-order valence-electron chi connectivity index (χ0n) is 12.4. The van der Waals surface area contributed by atoms with Crippen LogP contribution in [-0.4, -0.2) is 10.1 Å². The fourth-order valence-corrected chi connectivity index (χ4v) is 1.91. The van der Waals surface area contributed by atoms with Crippen LogP contribution in [0.3, 0.4) is 0 Å². The van der Waals surface area contributed by atoms with E-state index in [4.69, 9.17) is 4.74 Å². The molecular formula is C17H21NO2. The average molecular weight is 271 g/mol. The van der Waals surface area contributed by atoms with Gasteiger partial charge < -0.3 is 9.84 Å². The van der Waals surface area contributed by atoms with Gasteiger partial charge in [0, 0.05) is 0 Å². The van der Waals surface area contributed by atoms with Gasteiger partial charge in [0.15, 0.2) is 0 Å². The summed E-state index contributed by atoms with van der Waals surface area (Å²) in [5.74, 6) is 2.00. The van der Waals surface area contributed by atoms with Crippen LogP contribution in [0.1, 0.15) is 49.6 Å². The highest BCUT2D eigenvalue weighted by Crippen LogP contribution is 2.28. The summed E-state index contributed by atoms with van der Waals surface area (Å²) < 4.78 is 5.89. The molecule has 1 heterocycles. The number of aromatic nitrogens is 1. The molecule has 0 saturated carbocycles. The highest BCUT2D eigenvalue weighted by Gasteiger charge is 2.07. The predicted octanol–water partition coefficient (Wildman–Crippen LogP) is 4.36. The fraction of sp³-hybridized carbons (Fsp3) is 0.353. The van der Waals surface area contributed by atoms with Gasteiger partial charge in [0.25, 0.3) is 0 Å². The number of aryl methyl sites for hydroxylation is 1. The van der Waals surface area contributed by atoms with Crippen LogP contribution in [0.5, 0.6) is 11.5 Å². The Bertz CT molecular complexity index is 574. The van der Waals surface area contributed by atoms with E-state index in [9.17, 15) is 5.11 Å². The first-order chi connectivity index (χ1) is 9.47. The summed E-state index contributed by atoms with van der Waals surface area (Å²) in [5, 5.41) is 9.44. The number of benzene rings is 1. The molecule has 0 fully saturated rings. The Labute approximate surface area is 120 Å². The van der Waals surface area contributed by atoms with E-state index in [-0.39, 0.29) is 0 Å². The van der Waals surface area contributed by atoms with E-state index in [0.717, 1.165) is 11.3 Å². The molecule has 0 aliphatic heterocycles. The Kier molecular flexibility index (Phi) is 4.40. The molecule has 0 aliphatic rings. The molecule has 0 amide bonds. The number of aliphatic hydroxyl groups excluding tert-OH is 1. The second kappa shape index (κ2) is 6.06. The van der Waals surface area contributed by atoms with E-state index in [1.165, 1.54) is 5.56 Å². The van der Waals surface area contributed by atoms with Crippen LogP contribution in [-0.2, 0) is 0 Å². The summed E-state index contributed by atoms with van der Waals surface area (Å²) in [6.45, 7) is 8.04. The van der Waals surface area contributed by atoms with Crippen LogP contribution in [0.25, 0.3) is 0 Å². The van der Waals surface area contributed by atoms with Gasteiger partial charge >= 0.3 is 0 Å². The molecule has 0 spiro atoms. The highest BCUT2D eigenvalue weighted by atomic mass is 16.5. The largest absolute Gasteiger partial charge is 0.455 e. The molecular weight excluding hydrogens is 250 g/mol. The lowest BCUT2D eigenvalue weighted by Gasteiger charge is -2.13. The molecule has 1 N–H and O–H groups in total. The molecule has 2 rings (SSSR count). The van der Waals surface area contributed by atoms with Gasteiger partial charge in [0.1, 0.15) is 11.5 Å². The lowest BCUT2D eigenvalue weighted by Crippen LogP contribution is -1.96. The van der Waals surface area contributed by atoms with Crippen molar-refractivity contribution in [3.63, 3.8) is 0 Å². The van der Waals surface area contributed by atoms with Gasteiger partial charge in [-0.3, -0.25) is 4.98 Å². The summed E-state index contributed by atoms with van der Waals surface area (Å²) >= 11 is 0. The van der Waals surface area contributed by atoms with E-state index in [2.05, 4.69) is 37.0 Å². The summed E-state index contributed by atoms with van der Waals surface area (Å²) in [6, 6.07) is 9.88. The van der Waals surface area contributed by atoms with Gasteiger partial charge in [-0.1, -0.05) is 26.0 Å². The van der Waals surface area contributed by atoms with Crippen LogP contribution in [0.4, 0.5) is 0 Å². The molecule has 0 aliphatic carbocycles. The summed E-state index contributed by atoms with van der Waals surface area (Å²) in [7, 11) is 0. The number of ether oxygens (including phenoxy) is 1. The van der Waals surface area contributed by atoms with Crippen molar-refractivity contribution in [1.29, 1.82) is 0 Å². The van der Waals surface area contributed by atoms with Crippen LogP contribution in [0.2, 0.25) is 0 Å². The number of rotatable bonds is 4. The van der Waals surface area contributed by atoms with Gasteiger partial charge in [0.2, 0.25) is 0 Å². The van der Waals surface area contributed by atoms with Gasteiger partial charge in [0.05, 0.1) is 18.0 Å². The van der Waals surface area contributed by atoms with Gasteiger partial charge in [-0.15, -0.1) is 0 Å². The Morgan fingerprint density at radius 3 is 2.40 bits per heavy atom. The predicted molar refractivity (Wildman–Crippen MR) is 80.2 cm³/mol. The standard InChI is InChI=1S/C17H21NO2/c1-11(2)14-6-5-12(3)17(9-14)20-15-7-8-16(13(4)19)18-10-15/h5-11,13,19H,1-4H3/t13-/m1/s1. The third-order valence-electron chi connectivity index (χ3n) is 3.29. The monoisotopic (exact) mass is 271 g/mol. The Balaban J connectivity index is 2.23. The molecule has 0 unspecified atom stereocenters. The van der Waals surface area contributed by atoms with Crippen molar-refractivity contribution in [3.05, 3.63) is 53.3 Å². The van der Waals surface area contributed by atoms with Crippen molar-refractivity contribution >= 4 is 0 Å². The Hall–Kier alpha value is -1.87. The van der Waals surface area contributed by atoms with Crippen molar-refractivity contribution in [1.82, 2.24) is 4.98 Å². The van der Waals surface area contributed by atoms with Gasteiger partial charge in [-0.25, -0.2) is 0 Å². The van der Waals surface area contributed by atoms with Gasteiger partial charge in [-0.2, -0.15) is 0 Å². The van der Waals surface area contributed by atoms with E-state index in [1.807, 2.05) is 13.0 Å². The topological polar surface area (TPSA) is 42.4 Å². The molecule has 0 saturated heterocycles. The zero-order valence-corrected chi connectivity index (χ0v) is 12.4. The van der Waals surface area contributed by atoms with Crippen LogP contribution >= 0.6 is 0 Å². The zero-order chi connectivity index (χ0) is 14.7. The molecule has 0 bridgehead atoms. The normalized spacial score (nSPS) is 12.5. The molecule has 1 aromatic heterocycles. The SMILES string of the molecule is Cc1ccc(C(C)C)cc1Oc1ccc([C@@H](C)O)nc1. The van der Waals surface area contributed by atoms with Crippen molar-refractivity contribution in [3.8, 4) is 11.5 Å². The number of nitrogens with zero attached hydrogens (tertiary/aromatic N) is 1. The van der Waals surface area contributed by atoms with Crippen molar-refractivity contribution in [2.45, 2.75) is 39.7 Å². The minimum absolute atomic E-state index is 0.466. The van der Waals surface area contributed by atoms with Crippen molar-refractivity contribution in [2.24, 2.45) is 0 Å². The Morgan fingerprint density at radius 2 is 1.85 bits per heavy atom. The first-order valence-electron chi connectivity index (χ1n) is 6.90. The summed E-state index contributed by atoms with van der Waals surface area (Å²) in [6.07, 6.45) is 1.08. The highest BCUT2D eigenvalue weighted by molar-refractivity contribution is 5.40. The summed E-state index contributed by atoms with van der Waals surface area (Å²) in [5.41, 5.74) is 2.98.